The summed E-state index contributed by atoms with van der Waals surface area (Å²) in [6.07, 6.45) is 5.34. The van der Waals surface area contributed by atoms with Gasteiger partial charge in [-0.05, 0) is 38.8 Å². The molecule has 0 saturated heterocycles. The van der Waals surface area contributed by atoms with Crippen LogP contribution in [0.3, 0.4) is 0 Å². The summed E-state index contributed by atoms with van der Waals surface area (Å²) < 4.78 is 3.59. The monoisotopic (exact) mass is 429 g/mol. The van der Waals surface area contributed by atoms with Crippen LogP contribution in [0.2, 0.25) is 0 Å². The minimum absolute atomic E-state index is 0.0163. The molecule has 0 unspecified atom stereocenters. The zero-order valence-electron chi connectivity index (χ0n) is 18.1. The van der Waals surface area contributed by atoms with E-state index in [0.717, 1.165) is 47.2 Å². The van der Waals surface area contributed by atoms with Gasteiger partial charge in [0.1, 0.15) is 5.82 Å². The lowest BCUT2D eigenvalue weighted by atomic mass is 10.1. The van der Waals surface area contributed by atoms with E-state index in [4.69, 9.17) is 0 Å². The summed E-state index contributed by atoms with van der Waals surface area (Å²) in [5.74, 6) is 2.27. The van der Waals surface area contributed by atoms with Gasteiger partial charge in [-0.3, -0.25) is 4.79 Å². The maximum atomic E-state index is 12.3. The van der Waals surface area contributed by atoms with Crippen molar-refractivity contribution in [2.45, 2.75) is 32.7 Å². The quantitative estimate of drug-likeness (QED) is 0.513. The van der Waals surface area contributed by atoms with Crippen LogP contribution in [0.5, 0.6) is 0 Å². The number of nitrogens with zero attached hydrogens (tertiary/aromatic N) is 7. The minimum Gasteiger partial charge on any atom is -0.361 e. The van der Waals surface area contributed by atoms with E-state index >= 15 is 0 Å². The molecule has 1 saturated carbocycles. The Morgan fingerprint density at radius 2 is 2.03 bits per heavy atom. The Morgan fingerprint density at radius 1 is 1.19 bits per heavy atom. The van der Waals surface area contributed by atoms with Crippen molar-refractivity contribution in [1.82, 2.24) is 29.4 Å². The highest BCUT2D eigenvalue weighted by Crippen LogP contribution is 2.42. The third-order valence-electron chi connectivity index (χ3n) is 6.12. The second-order valence-corrected chi connectivity index (χ2v) is 8.42. The van der Waals surface area contributed by atoms with Gasteiger partial charge in [0.05, 0.1) is 28.8 Å². The number of nitrogens with one attached hydrogen (secondary N) is 2. The van der Waals surface area contributed by atoms with Crippen molar-refractivity contribution in [3.63, 3.8) is 0 Å². The number of carbonyl (C=O) groups excluding carboxylic acids is 1. The molecule has 162 valence electrons. The SMILES string of the molecule is Cc1nc2n(n1)-c1cccc(Nc3cc(NC(=O)C4CC4)nn4ccnc34)c1N(C)[C@H]2C. The van der Waals surface area contributed by atoms with Gasteiger partial charge in [0, 0.05) is 31.4 Å². The average Bonchev–Trinajstić information content (AvgIpc) is 3.39. The molecule has 32 heavy (non-hydrogen) atoms. The van der Waals surface area contributed by atoms with Crippen molar-refractivity contribution in [3.05, 3.63) is 48.3 Å². The first-order valence-electron chi connectivity index (χ1n) is 10.7. The number of rotatable bonds is 4. The molecule has 1 fully saturated rings. The predicted molar refractivity (Wildman–Crippen MR) is 121 cm³/mol. The van der Waals surface area contributed by atoms with E-state index in [1.165, 1.54) is 0 Å². The Hall–Kier alpha value is -3.95. The van der Waals surface area contributed by atoms with Gasteiger partial charge in [-0.1, -0.05) is 6.07 Å². The lowest BCUT2D eigenvalue weighted by Gasteiger charge is -2.34. The topological polar surface area (TPSA) is 105 Å². The molecule has 4 heterocycles. The highest BCUT2D eigenvalue weighted by Gasteiger charge is 2.31. The number of imidazole rings is 1. The molecule has 10 nitrogen and oxygen atoms in total. The highest BCUT2D eigenvalue weighted by molar-refractivity contribution is 5.94. The molecule has 1 aliphatic carbocycles. The number of carbonyl (C=O) groups is 1. The number of hydrogen-bond donors (Lipinski definition) is 2. The number of hydrogen-bond acceptors (Lipinski definition) is 7. The number of aromatic nitrogens is 6. The van der Waals surface area contributed by atoms with Gasteiger partial charge in [0.25, 0.3) is 0 Å². The normalized spacial score (nSPS) is 17.2. The standard InChI is InChI=1S/C22H23N9O/c1-12-20-24-13(2)27-31(20)17-6-4-5-15(19(17)29(12)3)25-16-11-18(26-22(32)14-7-8-14)28-30-10-9-23-21(16)30/h4-6,9-12,14,25H,7-8H2,1-3H3,(H,26,28,32)/t12-/m0/s1. The smallest absolute Gasteiger partial charge is 0.228 e. The van der Waals surface area contributed by atoms with E-state index in [9.17, 15) is 4.79 Å². The number of amides is 1. The van der Waals surface area contributed by atoms with E-state index in [2.05, 4.69) is 49.7 Å². The number of benzene rings is 1. The third-order valence-corrected chi connectivity index (χ3v) is 6.12. The Morgan fingerprint density at radius 3 is 2.84 bits per heavy atom. The maximum Gasteiger partial charge on any atom is 0.228 e. The van der Waals surface area contributed by atoms with E-state index in [1.807, 2.05) is 35.9 Å². The molecule has 3 aromatic heterocycles. The van der Waals surface area contributed by atoms with Crippen LogP contribution < -0.4 is 15.5 Å². The zero-order chi connectivity index (χ0) is 22.0. The fourth-order valence-electron chi connectivity index (χ4n) is 4.21. The summed E-state index contributed by atoms with van der Waals surface area (Å²) in [6.45, 7) is 4.02. The summed E-state index contributed by atoms with van der Waals surface area (Å²) in [4.78, 5) is 23.6. The molecular formula is C22H23N9O. The largest absolute Gasteiger partial charge is 0.361 e. The van der Waals surface area contributed by atoms with Crippen LogP contribution in [0.4, 0.5) is 22.9 Å². The highest BCUT2D eigenvalue weighted by atomic mass is 16.2. The number of aryl methyl sites for hydroxylation is 1. The molecule has 2 N–H and O–H groups in total. The third kappa shape index (κ3) is 2.90. The van der Waals surface area contributed by atoms with Crippen LogP contribution in [0, 0.1) is 12.8 Å². The van der Waals surface area contributed by atoms with Gasteiger partial charge in [0.15, 0.2) is 17.3 Å². The van der Waals surface area contributed by atoms with Gasteiger partial charge < -0.3 is 15.5 Å². The molecule has 1 aromatic carbocycles. The molecule has 2 aliphatic rings. The first-order valence-corrected chi connectivity index (χ1v) is 10.7. The van der Waals surface area contributed by atoms with Gasteiger partial charge in [0.2, 0.25) is 5.91 Å². The fourth-order valence-corrected chi connectivity index (χ4v) is 4.21. The summed E-state index contributed by atoms with van der Waals surface area (Å²) in [5.41, 5.74) is 4.32. The maximum absolute atomic E-state index is 12.3. The Bertz CT molecular complexity index is 1370. The predicted octanol–water partition coefficient (Wildman–Crippen LogP) is 3.22. The fraction of sp³-hybridized carbons (Fsp3) is 0.318. The molecule has 1 amide bonds. The Labute approximate surface area is 184 Å². The molecule has 4 aromatic rings. The molecule has 10 heteroatoms. The number of anilines is 4. The summed E-state index contributed by atoms with van der Waals surface area (Å²) in [5, 5.41) is 15.6. The second kappa shape index (κ2) is 6.78. The zero-order valence-corrected chi connectivity index (χ0v) is 18.1. The van der Waals surface area contributed by atoms with Crippen LogP contribution in [0.25, 0.3) is 11.3 Å². The molecular weight excluding hydrogens is 406 g/mol. The Kier molecular flexibility index (Phi) is 3.98. The first-order chi connectivity index (χ1) is 15.5. The van der Waals surface area contributed by atoms with Crippen molar-refractivity contribution >= 4 is 34.4 Å². The van der Waals surface area contributed by atoms with Crippen LogP contribution in [-0.2, 0) is 4.79 Å². The molecule has 0 bridgehead atoms. The van der Waals surface area contributed by atoms with Crippen molar-refractivity contribution in [2.75, 3.05) is 22.6 Å². The summed E-state index contributed by atoms with van der Waals surface area (Å²) in [6, 6.07) is 7.95. The Balaban J connectivity index is 1.44. The number of fused-ring (bicyclic) bond motifs is 4. The van der Waals surface area contributed by atoms with E-state index in [-0.39, 0.29) is 17.9 Å². The molecule has 1 atom stereocenters. The van der Waals surface area contributed by atoms with Crippen molar-refractivity contribution < 1.29 is 4.79 Å². The average molecular weight is 429 g/mol. The van der Waals surface area contributed by atoms with Crippen LogP contribution in [-0.4, -0.2) is 42.3 Å². The van der Waals surface area contributed by atoms with Crippen LogP contribution in [0.1, 0.15) is 37.5 Å². The summed E-state index contributed by atoms with van der Waals surface area (Å²) >= 11 is 0. The second-order valence-electron chi connectivity index (χ2n) is 8.42. The van der Waals surface area contributed by atoms with Crippen molar-refractivity contribution in [2.24, 2.45) is 5.92 Å². The summed E-state index contributed by atoms with van der Waals surface area (Å²) in [7, 11) is 2.06. The van der Waals surface area contributed by atoms with E-state index < -0.39 is 0 Å². The van der Waals surface area contributed by atoms with E-state index in [1.54, 1.807) is 16.9 Å². The van der Waals surface area contributed by atoms with E-state index in [0.29, 0.717) is 11.5 Å². The molecule has 0 spiro atoms. The molecule has 6 rings (SSSR count). The van der Waals surface area contributed by atoms with Crippen molar-refractivity contribution in [1.29, 1.82) is 0 Å². The van der Waals surface area contributed by atoms with Gasteiger partial charge >= 0.3 is 0 Å². The number of para-hydroxylation sites is 1. The molecule has 0 radical (unpaired) electrons. The van der Waals surface area contributed by atoms with Crippen LogP contribution >= 0.6 is 0 Å². The van der Waals surface area contributed by atoms with Gasteiger partial charge in [-0.25, -0.2) is 19.2 Å². The first kappa shape index (κ1) is 18.8. The lowest BCUT2D eigenvalue weighted by Crippen LogP contribution is -2.31. The lowest BCUT2D eigenvalue weighted by molar-refractivity contribution is -0.117. The van der Waals surface area contributed by atoms with Crippen LogP contribution in [0.15, 0.2) is 36.7 Å². The minimum atomic E-state index is 0.0163. The molecule has 1 aliphatic heterocycles. The van der Waals surface area contributed by atoms with Crippen molar-refractivity contribution in [3.8, 4) is 5.69 Å². The van der Waals surface area contributed by atoms with Gasteiger partial charge in [-0.15, -0.1) is 5.10 Å². The van der Waals surface area contributed by atoms with Gasteiger partial charge in [-0.2, -0.15) is 5.10 Å².